The smallest absolute Gasteiger partial charge is 0.331 e. The first-order valence-electron chi connectivity index (χ1n) is 5.92. The summed E-state index contributed by atoms with van der Waals surface area (Å²) >= 11 is 0. The summed E-state index contributed by atoms with van der Waals surface area (Å²) in [6.07, 6.45) is 6.17. The van der Waals surface area contributed by atoms with E-state index >= 15 is 0 Å². The molecule has 1 N–H and O–H groups in total. The Hall–Kier alpha value is -2.87. The van der Waals surface area contributed by atoms with E-state index in [1.165, 1.54) is 12.2 Å². The zero-order valence-electron chi connectivity index (χ0n) is 11.0. The summed E-state index contributed by atoms with van der Waals surface area (Å²) in [6, 6.07) is 8.54. The van der Waals surface area contributed by atoms with E-state index in [0.29, 0.717) is 11.3 Å². The number of allylic oxidation sites excluding steroid dienone is 3. The van der Waals surface area contributed by atoms with E-state index in [-0.39, 0.29) is 0 Å². The molecule has 0 saturated carbocycles. The predicted octanol–water partition coefficient (Wildman–Crippen LogP) is 2.17. The lowest BCUT2D eigenvalue weighted by molar-refractivity contribution is -0.142. The summed E-state index contributed by atoms with van der Waals surface area (Å²) in [7, 11) is 0. The minimum Gasteiger partial charge on any atom is -0.452 e. The van der Waals surface area contributed by atoms with Crippen molar-refractivity contribution in [3.63, 3.8) is 0 Å². The van der Waals surface area contributed by atoms with Crippen molar-refractivity contribution in [3.8, 4) is 6.07 Å². The van der Waals surface area contributed by atoms with Gasteiger partial charge in [-0.05, 0) is 19.1 Å². The first kappa shape index (κ1) is 15.2. The van der Waals surface area contributed by atoms with Crippen LogP contribution in [0, 0.1) is 11.3 Å². The molecule has 0 aromatic heterocycles. The topological polar surface area (TPSA) is 79.2 Å². The summed E-state index contributed by atoms with van der Waals surface area (Å²) in [5.41, 5.74) is 0.737. The van der Waals surface area contributed by atoms with Crippen LogP contribution < -0.4 is 5.32 Å². The van der Waals surface area contributed by atoms with Gasteiger partial charge in [-0.2, -0.15) is 5.26 Å². The number of carbonyl (C=O) groups excluding carboxylic acids is 2. The van der Waals surface area contributed by atoms with Crippen LogP contribution in [0.1, 0.15) is 12.5 Å². The van der Waals surface area contributed by atoms with Crippen LogP contribution in [-0.2, 0) is 14.3 Å². The first-order valence-corrected chi connectivity index (χ1v) is 5.92. The fraction of sp³-hybridized carbons (Fsp3) is 0.133. The van der Waals surface area contributed by atoms with Crippen molar-refractivity contribution in [2.45, 2.75) is 6.92 Å². The number of hydrogen-bond acceptors (Lipinski definition) is 4. The molecule has 5 nitrogen and oxygen atoms in total. The van der Waals surface area contributed by atoms with Crippen molar-refractivity contribution >= 4 is 17.6 Å². The molecule has 102 valence electrons. The zero-order chi connectivity index (χ0) is 14.8. The number of rotatable bonds is 5. The largest absolute Gasteiger partial charge is 0.452 e. The molecule has 1 amide bonds. The SMILES string of the molecule is C/C=C/C=C/C(=O)OCC(=O)Nc1ccccc1C#N. The van der Waals surface area contributed by atoms with Crippen LogP contribution in [0.2, 0.25) is 0 Å². The Bertz CT molecular complexity index is 583. The van der Waals surface area contributed by atoms with E-state index in [9.17, 15) is 9.59 Å². The second kappa shape index (κ2) is 8.27. The highest BCUT2D eigenvalue weighted by molar-refractivity contribution is 5.94. The van der Waals surface area contributed by atoms with Crippen LogP contribution in [0.3, 0.4) is 0 Å². The van der Waals surface area contributed by atoms with Crippen LogP contribution >= 0.6 is 0 Å². The van der Waals surface area contributed by atoms with Gasteiger partial charge < -0.3 is 10.1 Å². The molecule has 0 atom stereocenters. The number of nitrogens with one attached hydrogen (secondary N) is 1. The van der Waals surface area contributed by atoms with Crippen LogP contribution in [0.5, 0.6) is 0 Å². The summed E-state index contributed by atoms with van der Waals surface area (Å²) in [5.74, 6) is -1.10. The van der Waals surface area contributed by atoms with Gasteiger partial charge in [0.15, 0.2) is 6.61 Å². The predicted molar refractivity (Wildman–Crippen MR) is 74.7 cm³/mol. The maximum Gasteiger partial charge on any atom is 0.331 e. The number of hydrogen-bond donors (Lipinski definition) is 1. The lowest BCUT2D eigenvalue weighted by Gasteiger charge is -2.06. The third-order valence-electron chi connectivity index (χ3n) is 2.20. The quantitative estimate of drug-likeness (QED) is 0.505. The molecule has 0 unspecified atom stereocenters. The van der Waals surface area contributed by atoms with Gasteiger partial charge in [0.2, 0.25) is 0 Å². The second-order valence-corrected chi connectivity index (χ2v) is 3.70. The molecule has 0 aliphatic carbocycles. The van der Waals surface area contributed by atoms with Gasteiger partial charge in [-0.3, -0.25) is 4.79 Å². The fourth-order valence-electron chi connectivity index (χ4n) is 1.31. The zero-order valence-corrected chi connectivity index (χ0v) is 11.0. The highest BCUT2D eigenvalue weighted by atomic mass is 16.5. The third kappa shape index (κ3) is 5.19. The van der Waals surface area contributed by atoms with Gasteiger partial charge in [0.1, 0.15) is 6.07 Å². The molecular formula is C15H14N2O3. The van der Waals surface area contributed by atoms with Crippen molar-refractivity contribution in [1.29, 1.82) is 5.26 Å². The third-order valence-corrected chi connectivity index (χ3v) is 2.20. The normalized spacial score (nSPS) is 10.4. The van der Waals surface area contributed by atoms with Crippen LogP contribution in [0.25, 0.3) is 0 Å². The number of esters is 1. The second-order valence-electron chi connectivity index (χ2n) is 3.70. The molecule has 0 radical (unpaired) electrons. The minimum atomic E-state index is -0.605. The average Bonchev–Trinajstić information content (AvgIpc) is 2.46. The van der Waals surface area contributed by atoms with Crippen molar-refractivity contribution in [2.75, 3.05) is 11.9 Å². The standard InChI is InChI=1S/C15H14N2O3/c1-2-3-4-9-15(19)20-11-14(18)17-13-8-6-5-7-12(13)10-16/h2-9H,11H2,1H3,(H,17,18)/b3-2+,9-4+. The first-order chi connectivity index (χ1) is 9.67. The van der Waals surface area contributed by atoms with E-state index in [0.717, 1.165) is 0 Å². The number of nitriles is 1. The van der Waals surface area contributed by atoms with Gasteiger partial charge in [0.25, 0.3) is 5.91 Å². The Morgan fingerprint density at radius 3 is 2.80 bits per heavy atom. The average molecular weight is 270 g/mol. The van der Waals surface area contributed by atoms with Gasteiger partial charge in [0, 0.05) is 6.08 Å². The number of nitrogens with zero attached hydrogens (tertiary/aromatic N) is 1. The lowest BCUT2D eigenvalue weighted by atomic mass is 10.2. The van der Waals surface area contributed by atoms with E-state index in [4.69, 9.17) is 10.00 Å². The molecule has 1 rings (SSSR count). The fourth-order valence-corrected chi connectivity index (χ4v) is 1.31. The maximum atomic E-state index is 11.6. The molecule has 0 bridgehead atoms. The molecule has 5 heteroatoms. The Balaban J connectivity index is 2.49. The highest BCUT2D eigenvalue weighted by Crippen LogP contribution is 2.13. The molecule has 20 heavy (non-hydrogen) atoms. The monoisotopic (exact) mass is 270 g/mol. The molecule has 0 heterocycles. The molecule has 1 aromatic carbocycles. The summed E-state index contributed by atoms with van der Waals surface area (Å²) in [4.78, 5) is 22.8. The number of para-hydroxylation sites is 1. The summed E-state index contributed by atoms with van der Waals surface area (Å²) < 4.78 is 4.74. The highest BCUT2D eigenvalue weighted by Gasteiger charge is 2.07. The van der Waals surface area contributed by atoms with Crippen LogP contribution in [0.4, 0.5) is 5.69 Å². The van der Waals surface area contributed by atoms with E-state index in [1.807, 2.05) is 13.0 Å². The van der Waals surface area contributed by atoms with Gasteiger partial charge in [-0.25, -0.2) is 4.79 Å². The Kier molecular flexibility index (Phi) is 6.28. The molecule has 0 aliphatic rings. The minimum absolute atomic E-state index is 0.347. The molecule has 0 saturated heterocycles. The number of amides is 1. The van der Waals surface area contributed by atoms with Gasteiger partial charge in [-0.15, -0.1) is 0 Å². The van der Waals surface area contributed by atoms with E-state index in [1.54, 1.807) is 36.4 Å². The van der Waals surface area contributed by atoms with Crippen LogP contribution in [-0.4, -0.2) is 18.5 Å². The van der Waals surface area contributed by atoms with E-state index < -0.39 is 18.5 Å². The van der Waals surface area contributed by atoms with E-state index in [2.05, 4.69) is 5.32 Å². The Labute approximate surface area is 117 Å². The lowest BCUT2D eigenvalue weighted by Crippen LogP contribution is -2.20. The van der Waals surface area contributed by atoms with Gasteiger partial charge in [-0.1, -0.05) is 30.4 Å². The number of anilines is 1. The number of benzene rings is 1. The molecule has 1 aromatic rings. The van der Waals surface area contributed by atoms with Crippen molar-refractivity contribution < 1.29 is 14.3 Å². The summed E-state index contributed by atoms with van der Waals surface area (Å²) in [5, 5.41) is 11.4. The Morgan fingerprint density at radius 1 is 1.35 bits per heavy atom. The van der Waals surface area contributed by atoms with Crippen LogP contribution in [0.15, 0.2) is 48.6 Å². The molecule has 0 spiro atoms. The number of ether oxygens (including phenoxy) is 1. The molecular weight excluding hydrogens is 256 g/mol. The molecule has 0 aliphatic heterocycles. The number of carbonyl (C=O) groups is 2. The molecule has 0 fully saturated rings. The van der Waals surface area contributed by atoms with Gasteiger partial charge >= 0.3 is 5.97 Å². The van der Waals surface area contributed by atoms with Crippen molar-refractivity contribution in [2.24, 2.45) is 0 Å². The van der Waals surface area contributed by atoms with Crippen molar-refractivity contribution in [3.05, 3.63) is 54.1 Å². The maximum absolute atomic E-state index is 11.6. The summed E-state index contributed by atoms with van der Waals surface area (Å²) in [6.45, 7) is 1.41. The van der Waals surface area contributed by atoms with Gasteiger partial charge in [0.05, 0.1) is 11.3 Å². The Morgan fingerprint density at radius 2 is 2.10 bits per heavy atom. The van der Waals surface area contributed by atoms with Crippen molar-refractivity contribution in [1.82, 2.24) is 0 Å².